The average Bonchev–Trinajstić information content (AvgIpc) is 2.21. The second-order valence-electron chi connectivity index (χ2n) is 5.09. The van der Waals surface area contributed by atoms with Gasteiger partial charge >= 0.3 is 0 Å². The summed E-state index contributed by atoms with van der Waals surface area (Å²) in [5, 5.41) is 2.75. The highest BCUT2D eigenvalue weighted by molar-refractivity contribution is 7.85. The fourth-order valence-electron chi connectivity index (χ4n) is 1.54. The SMILES string of the molecule is CC(C)CCCCCCCCS(=O)(=O)O.CNC. The van der Waals surface area contributed by atoms with E-state index in [1.807, 2.05) is 14.1 Å². The first-order chi connectivity index (χ1) is 8.33. The van der Waals surface area contributed by atoms with E-state index in [4.69, 9.17) is 4.55 Å². The zero-order valence-corrected chi connectivity index (χ0v) is 13.2. The molecule has 0 aromatic rings. The Kier molecular flexibility index (Phi) is 14.9. The van der Waals surface area contributed by atoms with E-state index >= 15 is 0 Å². The van der Waals surface area contributed by atoms with Crippen molar-refractivity contribution in [3.63, 3.8) is 0 Å². The molecule has 0 saturated heterocycles. The van der Waals surface area contributed by atoms with Crippen LogP contribution in [0.25, 0.3) is 0 Å². The molecule has 18 heavy (non-hydrogen) atoms. The van der Waals surface area contributed by atoms with Gasteiger partial charge in [-0.25, -0.2) is 0 Å². The van der Waals surface area contributed by atoms with E-state index in [1.165, 1.54) is 25.7 Å². The summed E-state index contributed by atoms with van der Waals surface area (Å²) >= 11 is 0. The Hall–Kier alpha value is -0.130. The predicted molar refractivity (Wildman–Crippen MR) is 78.6 cm³/mol. The first-order valence-electron chi connectivity index (χ1n) is 6.87. The van der Waals surface area contributed by atoms with Crippen molar-refractivity contribution in [2.75, 3.05) is 19.8 Å². The smallest absolute Gasteiger partial charge is 0.264 e. The third kappa shape index (κ3) is 24.9. The fourth-order valence-corrected chi connectivity index (χ4v) is 2.11. The molecule has 112 valence electrons. The minimum atomic E-state index is -3.73. The molecule has 0 unspecified atom stereocenters. The van der Waals surface area contributed by atoms with Gasteiger partial charge in [0.05, 0.1) is 5.75 Å². The molecule has 0 saturated carbocycles. The molecule has 0 fully saturated rings. The summed E-state index contributed by atoms with van der Waals surface area (Å²) in [6, 6.07) is 0. The maximum absolute atomic E-state index is 10.4. The van der Waals surface area contributed by atoms with E-state index < -0.39 is 10.1 Å². The van der Waals surface area contributed by atoms with Crippen LogP contribution in [0.2, 0.25) is 0 Å². The van der Waals surface area contributed by atoms with Crippen molar-refractivity contribution in [1.82, 2.24) is 5.32 Å². The molecular formula is C13H31NO3S. The predicted octanol–water partition coefficient (Wildman–Crippen LogP) is 3.10. The topological polar surface area (TPSA) is 66.4 Å². The lowest BCUT2D eigenvalue weighted by atomic mass is 10.0. The van der Waals surface area contributed by atoms with Crippen LogP contribution in [0.5, 0.6) is 0 Å². The van der Waals surface area contributed by atoms with E-state index in [9.17, 15) is 8.42 Å². The van der Waals surface area contributed by atoms with Crippen molar-refractivity contribution < 1.29 is 13.0 Å². The first kappa shape index (κ1) is 20.2. The van der Waals surface area contributed by atoms with Gasteiger partial charge in [-0.2, -0.15) is 8.42 Å². The average molecular weight is 281 g/mol. The van der Waals surface area contributed by atoms with Gasteiger partial charge in [-0.05, 0) is 26.4 Å². The van der Waals surface area contributed by atoms with Crippen molar-refractivity contribution in [1.29, 1.82) is 0 Å². The van der Waals surface area contributed by atoms with Gasteiger partial charge in [0.1, 0.15) is 0 Å². The van der Waals surface area contributed by atoms with Gasteiger partial charge in [0, 0.05) is 0 Å². The molecule has 0 aliphatic carbocycles. The minimum Gasteiger partial charge on any atom is -0.323 e. The Morgan fingerprint density at radius 3 is 1.72 bits per heavy atom. The summed E-state index contributed by atoms with van der Waals surface area (Å²) in [5.74, 6) is 0.698. The Labute approximate surface area is 113 Å². The molecule has 0 atom stereocenters. The van der Waals surface area contributed by atoms with Crippen LogP contribution in [0.4, 0.5) is 0 Å². The summed E-state index contributed by atoms with van der Waals surface area (Å²) in [4.78, 5) is 0. The number of unbranched alkanes of at least 4 members (excludes halogenated alkanes) is 5. The third-order valence-corrected chi connectivity index (χ3v) is 3.24. The summed E-state index contributed by atoms with van der Waals surface area (Å²) in [6.45, 7) is 4.46. The van der Waals surface area contributed by atoms with E-state index in [0.717, 1.165) is 18.8 Å². The van der Waals surface area contributed by atoms with Gasteiger partial charge in [-0.3, -0.25) is 4.55 Å². The van der Waals surface area contributed by atoms with Crippen LogP contribution < -0.4 is 5.32 Å². The molecule has 0 radical (unpaired) electrons. The van der Waals surface area contributed by atoms with Crippen molar-refractivity contribution in [3.8, 4) is 0 Å². The van der Waals surface area contributed by atoms with E-state index in [2.05, 4.69) is 19.2 Å². The molecule has 0 aromatic heterocycles. The summed E-state index contributed by atoms with van der Waals surface area (Å²) in [7, 11) is 0.0172. The molecule has 0 heterocycles. The van der Waals surface area contributed by atoms with Gasteiger partial charge in [-0.15, -0.1) is 0 Å². The summed E-state index contributed by atoms with van der Waals surface area (Å²) < 4.78 is 29.3. The molecule has 2 N–H and O–H groups in total. The number of rotatable bonds is 9. The highest BCUT2D eigenvalue weighted by atomic mass is 32.2. The highest BCUT2D eigenvalue weighted by Crippen LogP contribution is 2.11. The van der Waals surface area contributed by atoms with Crippen LogP contribution in [0.15, 0.2) is 0 Å². The first-order valence-corrected chi connectivity index (χ1v) is 8.48. The van der Waals surface area contributed by atoms with Gasteiger partial charge in [0.2, 0.25) is 0 Å². The summed E-state index contributed by atoms with van der Waals surface area (Å²) in [5.41, 5.74) is 0. The molecule has 0 amide bonds. The largest absolute Gasteiger partial charge is 0.323 e. The zero-order valence-electron chi connectivity index (χ0n) is 12.4. The van der Waals surface area contributed by atoms with Gasteiger partial charge in [-0.1, -0.05) is 52.4 Å². The maximum atomic E-state index is 10.4. The van der Waals surface area contributed by atoms with Crippen molar-refractivity contribution >= 4 is 10.1 Å². The normalized spacial score (nSPS) is 11.2. The van der Waals surface area contributed by atoms with E-state index in [0.29, 0.717) is 6.42 Å². The molecule has 0 aromatic carbocycles. The van der Waals surface area contributed by atoms with Crippen molar-refractivity contribution in [3.05, 3.63) is 0 Å². The van der Waals surface area contributed by atoms with Crippen LogP contribution in [0, 0.1) is 5.92 Å². The van der Waals surface area contributed by atoms with Crippen molar-refractivity contribution in [2.24, 2.45) is 5.92 Å². The lowest BCUT2D eigenvalue weighted by Crippen LogP contribution is -2.03. The third-order valence-electron chi connectivity index (χ3n) is 2.43. The van der Waals surface area contributed by atoms with Gasteiger partial charge in [0.25, 0.3) is 10.1 Å². The fraction of sp³-hybridized carbons (Fsp3) is 1.00. The molecule has 0 spiro atoms. The number of hydrogen-bond acceptors (Lipinski definition) is 3. The Morgan fingerprint density at radius 1 is 0.944 bits per heavy atom. The lowest BCUT2D eigenvalue weighted by Gasteiger charge is -2.03. The standard InChI is InChI=1S/C11H24O3S.C2H7N/c1-11(2)9-7-5-3-4-6-8-10-15(12,13)14;1-3-2/h11H,3-10H2,1-2H3,(H,12,13,14);3H,1-2H3. The Morgan fingerprint density at radius 2 is 1.33 bits per heavy atom. The highest BCUT2D eigenvalue weighted by Gasteiger charge is 2.02. The van der Waals surface area contributed by atoms with E-state index in [-0.39, 0.29) is 5.75 Å². The lowest BCUT2D eigenvalue weighted by molar-refractivity contribution is 0.477. The van der Waals surface area contributed by atoms with Gasteiger partial charge in [0.15, 0.2) is 0 Å². The zero-order chi connectivity index (χ0) is 14.4. The van der Waals surface area contributed by atoms with Crippen LogP contribution in [0.1, 0.15) is 58.8 Å². The molecule has 5 heteroatoms. The molecule has 0 aliphatic heterocycles. The molecular weight excluding hydrogens is 250 g/mol. The number of nitrogens with one attached hydrogen (secondary N) is 1. The van der Waals surface area contributed by atoms with E-state index in [1.54, 1.807) is 0 Å². The molecule has 0 aliphatic rings. The van der Waals surface area contributed by atoms with Gasteiger partial charge < -0.3 is 5.32 Å². The second-order valence-corrected chi connectivity index (χ2v) is 6.66. The summed E-state index contributed by atoms with van der Waals surface area (Å²) in [6.07, 6.45) is 7.54. The monoisotopic (exact) mass is 281 g/mol. The van der Waals surface area contributed by atoms with Crippen LogP contribution in [-0.2, 0) is 10.1 Å². The quantitative estimate of drug-likeness (QED) is 0.503. The Bertz CT molecular complexity index is 251. The maximum Gasteiger partial charge on any atom is 0.264 e. The Balaban J connectivity index is 0. The molecule has 0 rings (SSSR count). The molecule has 4 nitrogen and oxygen atoms in total. The van der Waals surface area contributed by atoms with Crippen LogP contribution in [0.3, 0.4) is 0 Å². The second kappa shape index (κ2) is 13.3. The van der Waals surface area contributed by atoms with Crippen molar-refractivity contribution in [2.45, 2.75) is 58.8 Å². The minimum absolute atomic E-state index is 0.0843. The van der Waals surface area contributed by atoms with Crippen LogP contribution >= 0.6 is 0 Å². The van der Waals surface area contributed by atoms with Crippen LogP contribution in [-0.4, -0.2) is 32.8 Å². The number of hydrogen-bond donors (Lipinski definition) is 2. The molecule has 0 bridgehead atoms.